The summed E-state index contributed by atoms with van der Waals surface area (Å²) in [5, 5.41) is 0. The number of hydrogen-bond donors (Lipinski definition) is 0. The zero-order chi connectivity index (χ0) is 38.3. The van der Waals surface area contributed by atoms with E-state index in [4.69, 9.17) is 4.98 Å². The first-order valence-electron chi connectivity index (χ1n) is 19.1. The Balaban J connectivity index is 0.000000178. The number of anilines is 4. The molecule has 0 saturated heterocycles. The molecule has 0 N–H and O–H groups in total. The summed E-state index contributed by atoms with van der Waals surface area (Å²) in [5.41, 5.74) is 21.5. The van der Waals surface area contributed by atoms with E-state index in [9.17, 15) is 0 Å². The van der Waals surface area contributed by atoms with E-state index >= 15 is 0 Å². The molecule has 2 aromatic heterocycles. The Bertz CT molecular complexity index is 2720. The number of para-hydroxylation sites is 1. The molecule has 57 heavy (non-hydrogen) atoms. The third-order valence-corrected chi connectivity index (χ3v) is 11.3. The van der Waals surface area contributed by atoms with Crippen LogP contribution in [0.2, 0.25) is 0 Å². The molecule has 0 aliphatic carbocycles. The van der Waals surface area contributed by atoms with Crippen LogP contribution in [0.25, 0.3) is 44.8 Å². The van der Waals surface area contributed by atoms with Crippen LogP contribution in [0.4, 0.5) is 22.7 Å². The average molecular weight is 913 g/mol. The molecule has 4 nitrogen and oxygen atoms in total. The molecule has 10 rings (SSSR count). The van der Waals surface area contributed by atoms with Gasteiger partial charge in [0.05, 0.1) is 0 Å². The number of fused-ring (bicyclic) bond motifs is 4. The molecule has 279 valence electrons. The maximum absolute atomic E-state index is 4.73. The van der Waals surface area contributed by atoms with Gasteiger partial charge in [0.1, 0.15) is 0 Å². The molecular weight excluding hydrogens is 872 g/mol. The van der Waals surface area contributed by atoms with Gasteiger partial charge in [-0.05, 0) is 88.4 Å². The zero-order valence-corrected chi connectivity index (χ0v) is 35.1. The SMILES string of the molecule is CN1c2c[c-]c(-c3cc(-c4ccccc4)ccn3)cc2B2c3ccccc3N(C)c3cccc1c32.Cc1cnc(-c2[c-]cc(C)c(-c3ccccc3)c2)cc1C.[Ir]. The van der Waals surface area contributed by atoms with Crippen LogP contribution in [-0.2, 0) is 20.1 Å². The fourth-order valence-electron chi connectivity index (χ4n) is 8.17. The van der Waals surface area contributed by atoms with E-state index in [1.807, 2.05) is 24.5 Å². The molecule has 0 unspecified atom stereocenters. The predicted octanol–water partition coefficient (Wildman–Crippen LogP) is 10.0. The van der Waals surface area contributed by atoms with Gasteiger partial charge in [-0.25, -0.2) is 0 Å². The van der Waals surface area contributed by atoms with Crippen molar-refractivity contribution < 1.29 is 20.1 Å². The van der Waals surface area contributed by atoms with Crippen LogP contribution in [0.5, 0.6) is 0 Å². The minimum Gasteiger partial charge on any atom is -0.385 e. The van der Waals surface area contributed by atoms with Crippen molar-refractivity contribution >= 4 is 45.9 Å². The topological polar surface area (TPSA) is 32.3 Å². The van der Waals surface area contributed by atoms with E-state index in [0.717, 1.165) is 28.1 Å². The summed E-state index contributed by atoms with van der Waals surface area (Å²) in [7, 11) is 4.33. The van der Waals surface area contributed by atoms with Gasteiger partial charge in [-0.2, -0.15) is 0 Å². The van der Waals surface area contributed by atoms with Gasteiger partial charge in [0.15, 0.2) is 0 Å². The smallest absolute Gasteiger partial charge is 0.233 e. The fraction of sp³-hybridized carbons (Fsp3) is 0.0980. The molecule has 6 aromatic carbocycles. The third kappa shape index (κ3) is 7.01. The van der Waals surface area contributed by atoms with Crippen LogP contribution >= 0.6 is 0 Å². The molecule has 2 aliphatic rings. The van der Waals surface area contributed by atoms with Gasteiger partial charge < -0.3 is 19.8 Å². The van der Waals surface area contributed by atoms with E-state index in [2.05, 4.69) is 195 Å². The number of aromatic nitrogens is 2. The Morgan fingerprint density at radius 1 is 0.491 bits per heavy atom. The molecule has 0 bridgehead atoms. The summed E-state index contributed by atoms with van der Waals surface area (Å²) < 4.78 is 0. The Morgan fingerprint density at radius 3 is 1.84 bits per heavy atom. The number of nitrogens with zero attached hydrogens (tertiary/aromatic N) is 4. The quantitative estimate of drug-likeness (QED) is 0.130. The molecule has 0 amide bonds. The molecule has 2 aliphatic heterocycles. The van der Waals surface area contributed by atoms with Crippen molar-refractivity contribution in [3.8, 4) is 44.8 Å². The Hall–Kier alpha value is -6.07. The van der Waals surface area contributed by atoms with Gasteiger partial charge in [0.25, 0.3) is 0 Å². The molecule has 8 aromatic rings. The maximum atomic E-state index is 4.73. The molecule has 0 saturated carbocycles. The summed E-state index contributed by atoms with van der Waals surface area (Å²) >= 11 is 0. The van der Waals surface area contributed by atoms with Crippen LogP contribution in [0.15, 0.2) is 158 Å². The van der Waals surface area contributed by atoms with Gasteiger partial charge in [0.2, 0.25) is 6.71 Å². The number of benzene rings is 6. The maximum Gasteiger partial charge on any atom is 0.233 e. The number of hydrogen-bond acceptors (Lipinski definition) is 4. The summed E-state index contributed by atoms with van der Waals surface area (Å²) in [6.07, 6.45) is 3.83. The molecule has 0 atom stereocenters. The fourth-order valence-corrected chi connectivity index (χ4v) is 8.17. The minimum atomic E-state index is 0. The second-order valence-electron chi connectivity index (χ2n) is 14.8. The van der Waals surface area contributed by atoms with Crippen LogP contribution in [0, 0.1) is 32.9 Å². The van der Waals surface area contributed by atoms with Crippen molar-refractivity contribution in [1.29, 1.82) is 0 Å². The van der Waals surface area contributed by atoms with Crippen LogP contribution in [0.3, 0.4) is 0 Å². The van der Waals surface area contributed by atoms with E-state index < -0.39 is 0 Å². The van der Waals surface area contributed by atoms with Crippen molar-refractivity contribution in [3.05, 3.63) is 187 Å². The Morgan fingerprint density at radius 2 is 1.11 bits per heavy atom. The molecule has 1 radical (unpaired) electrons. The first-order valence-corrected chi connectivity index (χ1v) is 19.1. The van der Waals surface area contributed by atoms with Gasteiger partial charge >= 0.3 is 0 Å². The Kier molecular flexibility index (Phi) is 10.5. The summed E-state index contributed by atoms with van der Waals surface area (Å²) in [4.78, 5) is 13.9. The number of rotatable bonds is 4. The molecule has 4 heterocycles. The van der Waals surface area contributed by atoms with Gasteiger partial charge in [0, 0.05) is 63.7 Å². The monoisotopic (exact) mass is 913 g/mol. The molecular formula is C51H41BIrN4-2. The largest absolute Gasteiger partial charge is 0.385 e. The van der Waals surface area contributed by atoms with Crippen molar-refractivity contribution in [3.63, 3.8) is 0 Å². The van der Waals surface area contributed by atoms with Gasteiger partial charge in [-0.3, -0.25) is 0 Å². The second kappa shape index (κ2) is 15.8. The van der Waals surface area contributed by atoms with Crippen molar-refractivity contribution in [2.45, 2.75) is 20.8 Å². The average Bonchev–Trinajstić information content (AvgIpc) is 3.25. The van der Waals surface area contributed by atoms with Gasteiger partial charge in [-0.15, -0.1) is 58.6 Å². The van der Waals surface area contributed by atoms with Crippen LogP contribution in [0.1, 0.15) is 16.7 Å². The third-order valence-electron chi connectivity index (χ3n) is 11.3. The van der Waals surface area contributed by atoms with Crippen molar-refractivity contribution in [2.75, 3.05) is 23.9 Å². The zero-order valence-electron chi connectivity index (χ0n) is 32.7. The van der Waals surface area contributed by atoms with Gasteiger partial charge in [-0.1, -0.05) is 115 Å². The molecule has 0 fully saturated rings. The second-order valence-corrected chi connectivity index (χ2v) is 14.8. The van der Waals surface area contributed by atoms with E-state index in [-0.39, 0.29) is 26.8 Å². The summed E-state index contributed by atoms with van der Waals surface area (Å²) in [6, 6.07) is 58.3. The molecule has 6 heteroatoms. The van der Waals surface area contributed by atoms with E-state index in [1.54, 1.807) is 0 Å². The minimum absolute atomic E-state index is 0. The van der Waals surface area contributed by atoms with Crippen LogP contribution in [-0.4, -0.2) is 30.8 Å². The van der Waals surface area contributed by atoms with E-state index in [0.29, 0.717) is 0 Å². The summed E-state index contributed by atoms with van der Waals surface area (Å²) in [6.45, 7) is 6.49. The normalized spacial score (nSPS) is 12.1. The molecule has 0 spiro atoms. The first-order chi connectivity index (χ1) is 27.4. The first kappa shape index (κ1) is 37.8. The van der Waals surface area contributed by atoms with E-state index in [1.165, 1.54) is 72.5 Å². The Labute approximate surface area is 350 Å². The number of pyridine rings is 2. The van der Waals surface area contributed by atoms with Crippen molar-refractivity contribution in [2.24, 2.45) is 0 Å². The van der Waals surface area contributed by atoms with Crippen molar-refractivity contribution in [1.82, 2.24) is 9.97 Å². The standard InChI is InChI=1S/C31H23BN3.C20H18N.Ir/c1-34-27-12-7-6-11-24(27)32-25-19-23(26-20-22(17-18-33-26)21-9-4-3-5-10-21)15-16-28(25)35(2)30-14-8-13-29(34)31(30)32;1-14-9-10-18(20-11-15(2)16(3)13-21-20)12-19(14)17-7-5-4-6-8-17;/h3-14,16-20H,1-2H3;4-9,11-13H,1-3H3;/q2*-1;. The van der Waals surface area contributed by atoms with Crippen LogP contribution < -0.4 is 26.2 Å². The predicted molar refractivity (Wildman–Crippen MR) is 236 cm³/mol. The number of aryl methyl sites for hydroxylation is 3. The summed E-state index contributed by atoms with van der Waals surface area (Å²) in [5.74, 6) is 0.